The van der Waals surface area contributed by atoms with Crippen molar-refractivity contribution >= 4 is 15.7 Å². The molecule has 1 fully saturated rings. The van der Waals surface area contributed by atoms with Gasteiger partial charge in [0.1, 0.15) is 10.7 Å². The number of ether oxygens (including phenoxy) is 1. The van der Waals surface area contributed by atoms with Crippen molar-refractivity contribution < 1.29 is 22.5 Å². The quantitative estimate of drug-likeness (QED) is 0.855. The number of aryl methyl sites for hydroxylation is 1. The topological polar surface area (TPSA) is 118 Å². The Kier molecular flexibility index (Phi) is 3.94. The third kappa shape index (κ3) is 2.99. The van der Waals surface area contributed by atoms with Crippen molar-refractivity contribution in [1.82, 2.24) is 20.3 Å². The zero-order valence-corrected chi connectivity index (χ0v) is 13.5. The van der Waals surface area contributed by atoms with Crippen molar-refractivity contribution in [2.75, 3.05) is 26.0 Å². The Hall–Kier alpha value is -2.20. The number of carbonyl (C=O) groups is 1. The summed E-state index contributed by atoms with van der Waals surface area (Å²) in [6.45, 7) is 2.55. The maximum absolute atomic E-state index is 12.6. The summed E-state index contributed by atoms with van der Waals surface area (Å²) in [6, 6.07) is 0.958. The Labute approximate surface area is 132 Å². The molecule has 9 nitrogen and oxygen atoms in total. The van der Waals surface area contributed by atoms with Crippen LogP contribution in [0.3, 0.4) is 0 Å². The number of rotatable bonds is 3. The largest absolute Gasteiger partial charge is 0.377 e. The first kappa shape index (κ1) is 15.7. The van der Waals surface area contributed by atoms with Gasteiger partial charge in [0, 0.05) is 18.9 Å². The van der Waals surface area contributed by atoms with Crippen LogP contribution >= 0.6 is 0 Å². The first-order chi connectivity index (χ1) is 10.9. The molecule has 0 spiro atoms. The third-order valence-corrected chi connectivity index (χ3v) is 4.73. The fraction of sp³-hybridized carbons (Fsp3) is 0.462. The Balaban J connectivity index is 1.97. The zero-order valence-electron chi connectivity index (χ0n) is 12.6. The second-order valence-corrected chi connectivity index (χ2v) is 7.32. The molecule has 3 heterocycles. The number of carbonyl (C=O) groups excluding carboxylic acids is 1. The number of H-pyrrole nitrogens is 1. The molecular weight excluding hydrogens is 324 g/mol. The van der Waals surface area contributed by atoms with Gasteiger partial charge in [-0.25, -0.2) is 8.42 Å². The molecule has 0 bridgehead atoms. The molecule has 10 heteroatoms. The van der Waals surface area contributed by atoms with Gasteiger partial charge in [-0.3, -0.25) is 9.89 Å². The van der Waals surface area contributed by atoms with E-state index >= 15 is 0 Å². The number of sulfone groups is 1. The number of nitrogens with zero attached hydrogens (tertiary/aromatic N) is 3. The molecule has 0 radical (unpaired) electrons. The van der Waals surface area contributed by atoms with E-state index in [4.69, 9.17) is 9.26 Å². The lowest BCUT2D eigenvalue weighted by Crippen LogP contribution is -2.44. The average Bonchev–Trinajstić information content (AvgIpc) is 3.14. The van der Waals surface area contributed by atoms with Gasteiger partial charge in [0.25, 0.3) is 5.91 Å². The number of aromatic nitrogens is 3. The van der Waals surface area contributed by atoms with Gasteiger partial charge in [-0.2, -0.15) is 5.10 Å². The summed E-state index contributed by atoms with van der Waals surface area (Å²) in [5.74, 6) is 0.181. The molecule has 3 rings (SSSR count). The summed E-state index contributed by atoms with van der Waals surface area (Å²) in [7, 11) is -3.47. The first-order valence-electron chi connectivity index (χ1n) is 6.93. The van der Waals surface area contributed by atoms with Gasteiger partial charge in [0.15, 0.2) is 15.5 Å². The Morgan fingerprint density at radius 1 is 1.48 bits per heavy atom. The SMILES string of the molecule is Cc1cc(C(=O)N2CCOC[C@H]2c2[nH]ncc2S(C)(=O)=O)no1. The third-order valence-electron chi connectivity index (χ3n) is 3.60. The first-order valence-corrected chi connectivity index (χ1v) is 8.82. The highest BCUT2D eigenvalue weighted by molar-refractivity contribution is 7.90. The predicted octanol–water partition coefficient (Wildman–Crippen LogP) is 0.323. The fourth-order valence-electron chi connectivity index (χ4n) is 2.52. The number of amides is 1. The van der Waals surface area contributed by atoms with Gasteiger partial charge in [0.2, 0.25) is 0 Å². The van der Waals surface area contributed by atoms with Crippen molar-refractivity contribution in [3.63, 3.8) is 0 Å². The molecule has 0 aromatic carbocycles. The summed E-state index contributed by atoms with van der Waals surface area (Å²) < 4.78 is 34.1. The van der Waals surface area contributed by atoms with Crippen LogP contribution in [0, 0.1) is 6.92 Å². The van der Waals surface area contributed by atoms with Crippen molar-refractivity contribution in [1.29, 1.82) is 0 Å². The van der Waals surface area contributed by atoms with Crippen molar-refractivity contribution in [2.45, 2.75) is 17.9 Å². The highest BCUT2D eigenvalue weighted by Crippen LogP contribution is 2.29. The van der Waals surface area contributed by atoms with Crippen LogP contribution in [0.15, 0.2) is 21.7 Å². The minimum atomic E-state index is -3.47. The predicted molar refractivity (Wildman–Crippen MR) is 77.5 cm³/mol. The summed E-state index contributed by atoms with van der Waals surface area (Å²) in [6.07, 6.45) is 2.33. The summed E-state index contributed by atoms with van der Waals surface area (Å²) >= 11 is 0. The lowest BCUT2D eigenvalue weighted by Gasteiger charge is -2.34. The maximum Gasteiger partial charge on any atom is 0.276 e. The second-order valence-electron chi connectivity index (χ2n) is 5.33. The summed E-state index contributed by atoms with van der Waals surface area (Å²) in [5.41, 5.74) is 0.510. The number of hydrogen-bond donors (Lipinski definition) is 1. The monoisotopic (exact) mass is 340 g/mol. The Morgan fingerprint density at radius 3 is 2.91 bits per heavy atom. The molecule has 1 aliphatic rings. The highest BCUT2D eigenvalue weighted by Gasteiger charge is 2.34. The van der Waals surface area contributed by atoms with Gasteiger partial charge in [-0.1, -0.05) is 5.16 Å². The normalized spacial score (nSPS) is 19.0. The van der Waals surface area contributed by atoms with E-state index in [2.05, 4.69) is 15.4 Å². The smallest absolute Gasteiger partial charge is 0.276 e. The van der Waals surface area contributed by atoms with Crippen LogP contribution in [0.4, 0.5) is 0 Å². The van der Waals surface area contributed by atoms with Crippen LogP contribution in [-0.2, 0) is 14.6 Å². The van der Waals surface area contributed by atoms with Crippen LogP contribution in [0.1, 0.15) is 28.0 Å². The summed E-state index contributed by atoms with van der Waals surface area (Å²) in [5, 5.41) is 10.2. The van der Waals surface area contributed by atoms with Crippen LogP contribution < -0.4 is 0 Å². The number of morpholine rings is 1. The van der Waals surface area contributed by atoms with Gasteiger partial charge in [0.05, 0.1) is 31.1 Å². The standard InChI is InChI=1S/C13H16N4O5S/c1-8-5-9(16-22-8)13(18)17-3-4-21-7-10(17)12-11(6-14-15-12)23(2,19)20/h5-6,10H,3-4,7H2,1-2H3,(H,14,15)/t10-/m0/s1. The highest BCUT2D eigenvalue weighted by atomic mass is 32.2. The van der Waals surface area contributed by atoms with Crippen molar-refractivity contribution in [2.24, 2.45) is 0 Å². The van der Waals surface area contributed by atoms with Gasteiger partial charge in [-0.05, 0) is 6.92 Å². The van der Waals surface area contributed by atoms with Crippen molar-refractivity contribution in [3.05, 3.63) is 29.4 Å². The molecule has 1 aliphatic heterocycles. The zero-order chi connectivity index (χ0) is 16.6. The molecule has 124 valence electrons. The Bertz CT molecular complexity index is 825. The van der Waals surface area contributed by atoms with Crippen LogP contribution in [0.25, 0.3) is 0 Å². The number of aromatic amines is 1. The molecule has 0 unspecified atom stereocenters. The molecule has 1 N–H and O–H groups in total. The Morgan fingerprint density at radius 2 is 2.26 bits per heavy atom. The fourth-order valence-corrected chi connectivity index (χ4v) is 3.34. The molecule has 1 atom stereocenters. The lowest BCUT2D eigenvalue weighted by atomic mass is 10.1. The molecule has 1 saturated heterocycles. The van der Waals surface area contributed by atoms with Gasteiger partial charge < -0.3 is 14.2 Å². The summed E-state index contributed by atoms with van der Waals surface area (Å²) in [4.78, 5) is 14.2. The van der Waals surface area contributed by atoms with Crippen LogP contribution in [-0.4, -0.2) is 60.6 Å². The molecule has 0 aliphatic carbocycles. The van der Waals surface area contributed by atoms with Gasteiger partial charge >= 0.3 is 0 Å². The van der Waals surface area contributed by atoms with E-state index in [0.717, 1.165) is 6.26 Å². The average molecular weight is 340 g/mol. The van der Waals surface area contributed by atoms with E-state index in [-0.39, 0.29) is 23.1 Å². The lowest BCUT2D eigenvalue weighted by molar-refractivity contribution is -0.00518. The molecule has 2 aromatic heterocycles. The van der Waals surface area contributed by atoms with E-state index < -0.39 is 15.9 Å². The van der Waals surface area contributed by atoms with E-state index in [1.54, 1.807) is 13.0 Å². The minimum absolute atomic E-state index is 0.0575. The van der Waals surface area contributed by atoms with Crippen molar-refractivity contribution in [3.8, 4) is 0 Å². The van der Waals surface area contributed by atoms with E-state index in [9.17, 15) is 13.2 Å². The molecule has 0 saturated carbocycles. The number of nitrogens with one attached hydrogen (secondary N) is 1. The van der Waals surface area contributed by atoms with E-state index in [0.29, 0.717) is 24.6 Å². The molecule has 1 amide bonds. The van der Waals surface area contributed by atoms with Crippen LogP contribution in [0.2, 0.25) is 0 Å². The molecule has 23 heavy (non-hydrogen) atoms. The van der Waals surface area contributed by atoms with Crippen LogP contribution in [0.5, 0.6) is 0 Å². The van der Waals surface area contributed by atoms with Gasteiger partial charge in [-0.15, -0.1) is 0 Å². The van der Waals surface area contributed by atoms with E-state index in [1.807, 2.05) is 0 Å². The molecule has 2 aromatic rings. The maximum atomic E-state index is 12.6. The van der Waals surface area contributed by atoms with E-state index in [1.165, 1.54) is 11.1 Å². The minimum Gasteiger partial charge on any atom is -0.377 e. The number of hydrogen-bond acceptors (Lipinski definition) is 7. The molecular formula is C13H16N4O5S. The second kappa shape index (κ2) is 5.78.